The van der Waals surface area contributed by atoms with Crippen molar-refractivity contribution in [2.24, 2.45) is 0 Å². The van der Waals surface area contributed by atoms with Crippen molar-refractivity contribution in [1.29, 1.82) is 5.26 Å². The van der Waals surface area contributed by atoms with Crippen LogP contribution in [0.4, 0.5) is 0 Å². The molecule has 0 fully saturated rings. The summed E-state index contributed by atoms with van der Waals surface area (Å²) in [7, 11) is 2.46. The molecule has 23 heavy (non-hydrogen) atoms. The highest BCUT2D eigenvalue weighted by Crippen LogP contribution is 2.08. The molecule has 1 N–H and O–H groups in total. The minimum atomic E-state index is -0.890. The maximum absolute atomic E-state index is 11.8. The number of methoxy groups -OCH3 is 2. The van der Waals surface area contributed by atoms with Crippen LogP contribution in [0.2, 0.25) is 0 Å². The van der Waals surface area contributed by atoms with Gasteiger partial charge in [0.05, 0.1) is 32.3 Å². The second-order valence-corrected chi connectivity index (χ2v) is 4.74. The van der Waals surface area contributed by atoms with Gasteiger partial charge in [-0.25, -0.2) is 4.79 Å². The van der Waals surface area contributed by atoms with Gasteiger partial charge < -0.3 is 14.8 Å². The van der Waals surface area contributed by atoms with E-state index in [9.17, 15) is 14.4 Å². The smallest absolute Gasteiger partial charge is 0.328 e. The maximum atomic E-state index is 11.8. The normalized spacial score (nSPS) is 11.0. The molecule has 1 aromatic carbocycles. The number of hydrogen-bond acceptors (Lipinski definition) is 6. The van der Waals surface area contributed by atoms with Crippen molar-refractivity contribution in [2.75, 3.05) is 14.2 Å². The number of ether oxygens (including phenoxy) is 2. The molecule has 1 atom stereocenters. The largest absolute Gasteiger partial charge is 0.469 e. The van der Waals surface area contributed by atoms with Crippen LogP contribution in [0.3, 0.4) is 0 Å². The zero-order valence-corrected chi connectivity index (χ0v) is 13.0. The van der Waals surface area contributed by atoms with Gasteiger partial charge in [0.15, 0.2) is 0 Å². The van der Waals surface area contributed by atoms with Gasteiger partial charge in [0.1, 0.15) is 6.04 Å². The monoisotopic (exact) mass is 318 g/mol. The van der Waals surface area contributed by atoms with Crippen LogP contribution in [0.25, 0.3) is 0 Å². The summed E-state index contributed by atoms with van der Waals surface area (Å²) in [5.74, 6) is -1.56. The van der Waals surface area contributed by atoms with Gasteiger partial charge in [0, 0.05) is 12.8 Å². The van der Waals surface area contributed by atoms with Crippen molar-refractivity contribution in [1.82, 2.24) is 5.32 Å². The summed E-state index contributed by atoms with van der Waals surface area (Å²) in [6.07, 6.45) is 0.0324. The van der Waals surface area contributed by atoms with Crippen molar-refractivity contribution in [2.45, 2.75) is 25.3 Å². The molecular formula is C16H18N2O5. The summed E-state index contributed by atoms with van der Waals surface area (Å²) in [5.41, 5.74) is 1.18. The third kappa shape index (κ3) is 6.18. The van der Waals surface area contributed by atoms with E-state index in [1.807, 2.05) is 6.07 Å². The van der Waals surface area contributed by atoms with Crippen molar-refractivity contribution in [3.8, 4) is 6.07 Å². The predicted molar refractivity (Wildman–Crippen MR) is 80.1 cm³/mol. The molecule has 0 radical (unpaired) electrons. The fraction of sp³-hybridized carbons (Fsp3) is 0.375. The summed E-state index contributed by atoms with van der Waals surface area (Å²) < 4.78 is 9.13. The fourth-order valence-electron chi connectivity index (χ4n) is 1.92. The molecule has 0 aliphatic carbocycles. The van der Waals surface area contributed by atoms with E-state index in [-0.39, 0.29) is 19.3 Å². The average molecular weight is 318 g/mol. The molecule has 0 spiro atoms. The lowest BCUT2D eigenvalue weighted by atomic mass is 10.0. The Balaban J connectivity index is 2.73. The molecule has 0 aliphatic heterocycles. The quantitative estimate of drug-likeness (QED) is 0.742. The van der Waals surface area contributed by atoms with Crippen LogP contribution >= 0.6 is 0 Å². The molecule has 0 unspecified atom stereocenters. The van der Waals surface area contributed by atoms with Crippen LogP contribution in [-0.2, 0) is 30.3 Å². The van der Waals surface area contributed by atoms with Crippen molar-refractivity contribution in [3.05, 3.63) is 35.4 Å². The summed E-state index contributed by atoms with van der Waals surface area (Å²) >= 11 is 0. The van der Waals surface area contributed by atoms with Crippen LogP contribution in [0.5, 0.6) is 0 Å². The van der Waals surface area contributed by atoms with Crippen LogP contribution < -0.4 is 5.32 Å². The Hall–Kier alpha value is -2.88. The lowest BCUT2D eigenvalue weighted by Gasteiger charge is -2.16. The van der Waals surface area contributed by atoms with E-state index in [1.54, 1.807) is 24.3 Å². The van der Waals surface area contributed by atoms with Crippen LogP contribution in [-0.4, -0.2) is 38.1 Å². The summed E-state index contributed by atoms with van der Waals surface area (Å²) in [5, 5.41) is 11.4. The van der Waals surface area contributed by atoms with Gasteiger partial charge in [-0.2, -0.15) is 5.26 Å². The molecule has 0 aromatic heterocycles. The Kier molecular flexibility index (Phi) is 7.27. The Bertz CT molecular complexity index is 621. The molecule has 1 aromatic rings. The van der Waals surface area contributed by atoms with Crippen LogP contribution in [0.15, 0.2) is 24.3 Å². The molecule has 122 valence electrons. The van der Waals surface area contributed by atoms with Gasteiger partial charge in [0.2, 0.25) is 5.91 Å². The SMILES string of the molecule is COC(=O)CCC(=O)N[C@@H](Cc1cccc(C#N)c1)C(=O)OC. The minimum Gasteiger partial charge on any atom is -0.469 e. The Morgan fingerprint density at radius 1 is 1.22 bits per heavy atom. The zero-order valence-electron chi connectivity index (χ0n) is 13.0. The first-order valence-electron chi connectivity index (χ1n) is 6.93. The topological polar surface area (TPSA) is 105 Å². The number of nitrogens with one attached hydrogen (secondary N) is 1. The third-order valence-electron chi connectivity index (χ3n) is 3.10. The summed E-state index contributed by atoms with van der Waals surface area (Å²) in [6, 6.07) is 7.84. The Morgan fingerprint density at radius 2 is 1.96 bits per heavy atom. The van der Waals surface area contributed by atoms with Gasteiger partial charge >= 0.3 is 11.9 Å². The van der Waals surface area contributed by atoms with E-state index in [0.29, 0.717) is 11.1 Å². The molecule has 0 aliphatic rings. The first kappa shape index (κ1) is 18.2. The van der Waals surface area contributed by atoms with E-state index in [1.165, 1.54) is 14.2 Å². The second-order valence-electron chi connectivity index (χ2n) is 4.74. The lowest BCUT2D eigenvalue weighted by molar-refractivity contribution is -0.145. The molecule has 1 amide bonds. The third-order valence-corrected chi connectivity index (χ3v) is 3.10. The summed E-state index contributed by atoms with van der Waals surface area (Å²) in [6.45, 7) is 0. The van der Waals surface area contributed by atoms with Crippen molar-refractivity contribution in [3.63, 3.8) is 0 Å². The number of rotatable bonds is 7. The minimum absolute atomic E-state index is 0.0693. The number of nitrogens with zero attached hydrogens (tertiary/aromatic N) is 1. The number of carbonyl (C=O) groups excluding carboxylic acids is 3. The van der Waals surface area contributed by atoms with Crippen molar-refractivity contribution >= 4 is 17.8 Å². The maximum Gasteiger partial charge on any atom is 0.328 e. The highest BCUT2D eigenvalue weighted by atomic mass is 16.5. The van der Waals surface area contributed by atoms with Crippen molar-refractivity contribution < 1.29 is 23.9 Å². The molecular weight excluding hydrogens is 300 g/mol. The Labute approximate surface area is 134 Å². The summed E-state index contributed by atoms with van der Waals surface area (Å²) in [4.78, 5) is 34.7. The molecule has 0 saturated carbocycles. The number of esters is 2. The highest BCUT2D eigenvalue weighted by molar-refractivity contribution is 5.86. The Morgan fingerprint density at radius 3 is 2.57 bits per heavy atom. The average Bonchev–Trinajstić information content (AvgIpc) is 2.58. The van der Waals surface area contributed by atoms with Gasteiger partial charge in [-0.15, -0.1) is 0 Å². The number of amides is 1. The fourth-order valence-corrected chi connectivity index (χ4v) is 1.92. The molecule has 0 heterocycles. The number of nitriles is 1. The number of hydrogen-bond donors (Lipinski definition) is 1. The van der Waals surface area contributed by atoms with E-state index >= 15 is 0 Å². The number of carbonyl (C=O) groups is 3. The highest BCUT2D eigenvalue weighted by Gasteiger charge is 2.22. The zero-order chi connectivity index (χ0) is 17.2. The molecule has 7 nitrogen and oxygen atoms in total. The first-order chi connectivity index (χ1) is 11.0. The number of benzene rings is 1. The van der Waals surface area contributed by atoms with Gasteiger partial charge in [0.25, 0.3) is 0 Å². The predicted octanol–water partition coefficient (Wildman–Crippen LogP) is 0.712. The van der Waals surface area contributed by atoms with Gasteiger partial charge in [-0.05, 0) is 17.7 Å². The van der Waals surface area contributed by atoms with Gasteiger partial charge in [-0.1, -0.05) is 12.1 Å². The van der Waals surface area contributed by atoms with E-state index in [2.05, 4.69) is 14.8 Å². The lowest BCUT2D eigenvalue weighted by Crippen LogP contribution is -2.43. The second kappa shape index (κ2) is 9.20. The standard InChI is InChI=1S/C16H18N2O5/c1-22-15(20)7-6-14(19)18-13(16(21)23-2)9-11-4-3-5-12(8-11)10-17/h3-5,8,13H,6-7,9H2,1-2H3,(H,18,19)/t13-/m0/s1. The first-order valence-corrected chi connectivity index (χ1v) is 6.93. The molecule has 7 heteroatoms. The van der Waals surface area contributed by atoms with Gasteiger partial charge in [-0.3, -0.25) is 9.59 Å². The van der Waals surface area contributed by atoms with E-state index in [4.69, 9.17) is 5.26 Å². The molecule has 0 bridgehead atoms. The van der Waals surface area contributed by atoms with E-state index in [0.717, 1.165) is 0 Å². The molecule has 0 saturated heterocycles. The van der Waals surface area contributed by atoms with Crippen LogP contribution in [0, 0.1) is 11.3 Å². The van der Waals surface area contributed by atoms with Crippen LogP contribution in [0.1, 0.15) is 24.0 Å². The van der Waals surface area contributed by atoms with E-state index < -0.39 is 23.9 Å². The molecule has 1 rings (SSSR count).